The van der Waals surface area contributed by atoms with Gasteiger partial charge in [-0.05, 0) is 24.5 Å². The molecule has 1 aromatic carbocycles. The normalized spacial score (nSPS) is 13.7. The van der Waals surface area contributed by atoms with Gasteiger partial charge < -0.3 is 5.73 Å². The molecule has 1 aromatic rings. The SMILES string of the molecule is CCC(C)S(=O)(=O)Cc1cccc(CN)c1. The maximum atomic E-state index is 11.9. The van der Waals surface area contributed by atoms with Crippen LogP contribution in [0.5, 0.6) is 0 Å². The van der Waals surface area contributed by atoms with Crippen LogP contribution in [-0.2, 0) is 22.1 Å². The van der Waals surface area contributed by atoms with Gasteiger partial charge >= 0.3 is 0 Å². The Morgan fingerprint density at radius 2 is 1.94 bits per heavy atom. The Morgan fingerprint density at radius 1 is 1.31 bits per heavy atom. The van der Waals surface area contributed by atoms with Crippen LogP contribution in [-0.4, -0.2) is 13.7 Å². The lowest BCUT2D eigenvalue weighted by Crippen LogP contribution is -2.18. The van der Waals surface area contributed by atoms with E-state index in [2.05, 4.69) is 0 Å². The number of hydrogen-bond donors (Lipinski definition) is 1. The summed E-state index contributed by atoms with van der Waals surface area (Å²) in [6, 6.07) is 7.45. The second-order valence-electron chi connectivity index (χ2n) is 4.05. The van der Waals surface area contributed by atoms with Gasteiger partial charge in [-0.25, -0.2) is 8.42 Å². The van der Waals surface area contributed by atoms with Crippen LogP contribution in [0.1, 0.15) is 31.4 Å². The highest BCUT2D eigenvalue weighted by Gasteiger charge is 2.19. The van der Waals surface area contributed by atoms with Crippen LogP contribution >= 0.6 is 0 Å². The summed E-state index contributed by atoms with van der Waals surface area (Å²) in [6.45, 7) is 4.08. The Morgan fingerprint density at radius 3 is 2.50 bits per heavy atom. The van der Waals surface area contributed by atoms with Gasteiger partial charge in [0, 0.05) is 6.54 Å². The molecule has 1 unspecified atom stereocenters. The number of sulfone groups is 1. The van der Waals surface area contributed by atoms with Crippen molar-refractivity contribution in [2.24, 2.45) is 5.73 Å². The van der Waals surface area contributed by atoms with Crippen LogP contribution in [0.15, 0.2) is 24.3 Å². The highest BCUT2D eigenvalue weighted by molar-refractivity contribution is 7.91. The zero-order valence-corrected chi connectivity index (χ0v) is 10.6. The molecule has 0 saturated carbocycles. The molecule has 0 aliphatic rings. The van der Waals surface area contributed by atoms with E-state index < -0.39 is 9.84 Å². The molecule has 0 aliphatic heterocycles. The lowest BCUT2D eigenvalue weighted by molar-refractivity contribution is 0.580. The molecule has 0 fully saturated rings. The summed E-state index contributed by atoms with van der Waals surface area (Å²) in [5.41, 5.74) is 7.31. The maximum Gasteiger partial charge on any atom is 0.157 e. The van der Waals surface area contributed by atoms with Gasteiger partial charge in [-0.2, -0.15) is 0 Å². The van der Waals surface area contributed by atoms with E-state index in [0.29, 0.717) is 13.0 Å². The average Bonchev–Trinajstić information content (AvgIpc) is 2.27. The van der Waals surface area contributed by atoms with Crippen molar-refractivity contribution >= 4 is 9.84 Å². The smallest absolute Gasteiger partial charge is 0.157 e. The molecule has 0 bridgehead atoms. The molecule has 2 N–H and O–H groups in total. The first-order valence-corrected chi connectivity index (χ1v) is 7.20. The predicted octanol–water partition coefficient (Wildman–Crippen LogP) is 1.86. The van der Waals surface area contributed by atoms with Gasteiger partial charge in [0.1, 0.15) is 0 Å². The highest BCUT2D eigenvalue weighted by Crippen LogP contribution is 2.14. The summed E-state index contributed by atoms with van der Waals surface area (Å²) in [5.74, 6) is 0.107. The first kappa shape index (κ1) is 13.2. The van der Waals surface area contributed by atoms with Crippen molar-refractivity contribution in [2.75, 3.05) is 0 Å². The van der Waals surface area contributed by atoms with Gasteiger partial charge in [0.15, 0.2) is 9.84 Å². The third kappa shape index (κ3) is 3.32. The van der Waals surface area contributed by atoms with Gasteiger partial charge in [-0.1, -0.05) is 31.2 Å². The predicted molar refractivity (Wildman–Crippen MR) is 66.7 cm³/mol. The van der Waals surface area contributed by atoms with Crippen molar-refractivity contribution in [1.82, 2.24) is 0 Å². The third-order valence-corrected chi connectivity index (χ3v) is 5.08. The Labute approximate surface area is 97.6 Å². The first-order valence-electron chi connectivity index (χ1n) is 5.49. The second kappa shape index (κ2) is 5.46. The van der Waals surface area contributed by atoms with E-state index in [1.54, 1.807) is 6.92 Å². The Bertz CT molecular complexity index is 440. The Kier molecular flexibility index (Phi) is 4.50. The minimum absolute atomic E-state index is 0.107. The molecule has 90 valence electrons. The van der Waals surface area contributed by atoms with Gasteiger partial charge in [-0.15, -0.1) is 0 Å². The first-order chi connectivity index (χ1) is 7.49. The minimum Gasteiger partial charge on any atom is -0.326 e. The van der Waals surface area contributed by atoms with Crippen LogP contribution in [0.25, 0.3) is 0 Å². The van der Waals surface area contributed by atoms with Gasteiger partial charge in [0.05, 0.1) is 11.0 Å². The largest absolute Gasteiger partial charge is 0.326 e. The summed E-state index contributed by atoms with van der Waals surface area (Å²) in [5, 5.41) is -0.283. The summed E-state index contributed by atoms with van der Waals surface area (Å²) in [6.07, 6.45) is 0.652. The number of rotatable bonds is 5. The van der Waals surface area contributed by atoms with Crippen LogP contribution in [0.2, 0.25) is 0 Å². The van der Waals surface area contributed by atoms with Crippen molar-refractivity contribution in [1.29, 1.82) is 0 Å². The third-order valence-electron chi connectivity index (χ3n) is 2.78. The minimum atomic E-state index is -3.03. The molecule has 3 nitrogen and oxygen atoms in total. The van der Waals surface area contributed by atoms with Crippen molar-refractivity contribution < 1.29 is 8.42 Å². The zero-order chi connectivity index (χ0) is 12.2. The topological polar surface area (TPSA) is 60.2 Å². The molecule has 0 aromatic heterocycles. The Balaban J connectivity index is 2.88. The van der Waals surface area contributed by atoms with Crippen LogP contribution in [0, 0.1) is 0 Å². The van der Waals surface area contributed by atoms with E-state index in [1.807, 2.05) is 31.2 Å². The van der Waals surface area contributed by atoms with Gasteiger partial charge in [0.2, 0.25) is 0 Å². The van der Waals surface area contributed by atoms with Crippen molar-refractivity contribution in [2.45, 2.75) is 37.8 Å². The zero-order valence-electron chi connectivity index (χ0n) is 9.81. The lowest BCUT2D eigenvalue weighted by Gasteiger charge is -2.11. The van der Waals surface area contributed by atoms with Crippen molar-refractivity contribution in [3.05, 3.63) is 35.4 Å². The average molecular weight is 241 g/mol. The molecule has 1 rings (SSSR count). The molecule has 0 spiro atoms. The molecular weight excluding hydrogens is 222 g/mol. The van der Waals surface area contributed by atoms with E-state index in [9.17, 15) is 8.42 Å². The van der Waals surface area contributed by atoms with E-state index in [1.165, 1.54) is 0 Å². The van der Waals surface area contributed by atoms with E-state index in [4.69, 9.17) is 5.73 Å². The molecule has 0 amide bonds. The fourth-order valence-electron chi connectivity index (χ4n) is 1.47. The summed E-state index contributed by atoms with van der Waals surface area (Å²) in [7, 11) is -3.03. The molecule has 1 atom stereocenters. The highest BCUT2D eigenvalue weighted by atomic mass is 32.2. The number of benzene rings is 1. The maximum absolute atomic E-state index is 11.9. The molecule has 16 heavy (non-hydrogen) atoms. The van der Waals surface area contributed by atoms with Crippen LogP contribution < -0.4 is 5.73 Å². The molecule has 0 radical (unpaired) electrons. The number of hydrogen-bond acceptors (Lipinski definition) is 3. The van der Waals surface area contributed by atoms with E-state index in [0.717, 1.165) is 11.1 Å². The van der Waals surface area contributed by atoms with E-state index in [-0.39, 0.29) is 11.0 Å². The van der Waals surface area contributed by atoms with E-state index >= 15 is 0 Å². The van der Waals surface area contributed by atoms with Crippen molar-refractivity contribution in [3.8, 4) is 0 Å². The summed E-state index contributed by atoms with van der Waals surface area (Å²) in [4.78, 5) is 0. The van der Waals surface area contributed by atoms with Gasteiger partial charge in [0.25, 0.3) is 0 Å². The number of nitrogens with two attached hydrogens (primary N) is 1. The molecule has 0 aliphatic carbocycles. The monoisotopic (exact) mass is 241 g/mol. The van der Waals surface area contributed by atoms with Gasteiger partial charge in [-0.3, -0.25) is 0 Å². The van der Waals surface area contributed by atoms with Crippen LogP contribution in [0.3, 0.4) is 0 Å². The molecule has 0 saturated heterocycles. The standard InChI is InChI=1S/C12H19NO2S/c1-3-10(2)16(14,15)9-12-6-4-5-11(7-12)8-13/h4-7,10H,3,8-9,13H2,1-2H3. The van der Waals surface area contributed by atoms with Crippen LogP contribution in [0.4, 0.5) is 0 Å². The fraction of sp³-hybridized carbons (Fsp3) is 0.500. The molecular formula is C12H19NO2S. The fourth-order valence-corrected chi connectivity index (χ4v) is 2.91. The second-order valence-corrected chi connectivity index (χ2v) is 6.47. The molecule has 4 heteroatoms. The van der Waals surface area contributed by atoms with Crippen molar-refractivity contribution in [3.63, 3.8) is 0 Å². The Hall–Kier alpha value is -0.870. The lowest BCUT2D eigenvalue weighted by atomic mass is 10.1. The molecule has 0 heterocycles. The quantitative estimate of drug-likeness (QED) is 0.856. The summed E-state index contributed by atoms with van der Waals surface area (Å²) < 4.78 is 23.8. The summed E-state index contributed by atoms with van der Waals surface area (Å²) >= 11 is 0.